The highest BCUT2D eigenvalue weighted by molar-refractivity contribution is 5.96. The molecule has 2 aromatic rings. The molecule has 1 N–H and O–H groups in total. The third-order valence-electron chi connectivity index (χ3n) is 6.05. The van der Waals surface area contributed by atoms with Gasteiger partial charge in [0.15, 0.2) is 17.3 Å². The average molecular weight is 412 g/mol. The number of amides is 2. The first-order valence-electron chi connectivity index (χ1n) is 10.3. The Kier molecular flexibility index (Phi) is 4.86. The van der Waals surface area contributed by atoms with Crippen LogP contribution in [0.2, 0.25) is 0 Å². The number of hydrogen-bond acceptors (Lipinski definition) is 6. The number of furan rings is 1. The van der Waals surface area contributed by atoms with Gasteiger partial charge in [-0.15, -0.1) is 0 Å². The van der Waals surface area contributed by atoms with E-state index < -0.39 is 11.8 Å². The highest BCUT2D eigenvalue weighted by Crippen LogP contribution is 2.41. The van der Waals surface area contributed by atoms with Crippen molar-refractivity contribution in [3.05, 3.63) is 47.9 Å². The molecule has 1 atom stereocenters. The Morgan fingerprint density at radius 1 is 1.10 bits per heavy atom. The lowest BCUT2D eigenvalue weighted by Crippen LogP contribution is -2.56. The van der Waals surface area contributed by atoms with Crippen molar-refractivity contribution < 1.29 is 28.2 Å². The molecule has 3 heterocycles. The molecule has 0 unspecified atom stereocenters. The highest BCUT2D eigenvalue weighted by atomic mass is 16.7. The van der Waals surface area contributed by atoms with Gasteiger partial charge in [0.1, 0.15) is 11.8 Å². The monoisotopic (exact) mass is 412 g/mol. The van der Waals surface area contributed by atoms with Crippen molar-refractivity contribution in [2.45, 2.75) is 50.4 Å². The van der Waals surface area contributed by atoms with Crippen LogP contribution in [0.4, 0.5) is 0 Å². The van der Waals surface area contributed by atoms with Crippen LogP contribution in [0.1, 0.15) is 48.2 Å². The van der Waals surface area contributed by atoms with Crippen molar-refractivity contribution in [3.63, 3.8) is 0 Å². The van der Waals surface area contributed by atoms with Crippen molar-refractivity contribution >= 4 is 11.8 Å². The van der Waals surface area contributed by atoms with Gasteiger partial charge in [0.05, 0.1) is 12.9 Å². The van der Waals surface area contributed by atoms with E-state index in [4.69, 9.17) is 18.6 Å². The summed E-state index contributed by atoms with van der Waals surface area (Å²) in [6.45, 7) is 0.706. The predicted molar refractivity (Wildman–Crippen MR) is 105 cm³/mol. The van der Waals surface area contributed by atoms with Gasteiger partial charge in [-0.3, -0.25) is 14.5 Å². The van der Waals surface area contributed by atoms with Crippen molar-refractivity contribution in [1.82, 2.24) is 10.2 Å². The van der Waals surface area contributed by atoms with Gasteiger partial charge in [0.25, 0.3) is 5.91 Å². The summed E-state index contributed by atoms with van der Waals surface area (Å²) >= 11 is 0. The van der Waals surface area contributed by atoms with Gasteiger partial charge in [-0.05, 0) is 55.5 Å². The minimum atomic E-state index is -0.733. The van der Waals surface area contributed by atoms with E-state index in [0.717, 1.165) is 37.7 Å². The van der Waals surface area contributed by atoms with Crippen LogP contribution in [0.15, 0.2) is 41.0 Å². The molecular weight excluding hydrogens is 388 g/mol. The summed E-state index contributed by atoms with van der Waals surface area (Å²) in [5.74, 6) is 1.04. The van der Waals surface area contributed by atoms with E-state index in [2.05, 4.69) is 5.32 Å². The van der Waals surface area contributed by atoms with Crippen LogP contribution < -0.4 is 14.8 Å². The maximum atomic E-state index is 13.2. The number of nitrogens with one attached hydrogen (secondary N) is 1. The van der Waals surface area contributed by atoms with Gasteiger partial charge in [0.2, 0.25) is 12.7 Å². The third-order valence-corrected chi connectivity index (χ3v) is 6.05. The third kappa shape index (κ3) is 3.31. The maximum absolute atomic E-state index is 13.2. The molecule has 1 spiro atoms. The highest BCUT2D eigenvalue weighted by Gasteiger charge is 2.53. The second kappa shape index (κ2) is 7.68. The summed E-state index contributed by atoms with van der Waals surface area (Å²) in [5.41, 5.74) is 0.158. The number of ether oxygens (including phenoxy) is 3. The molecule has 8 nitrogen and oxygen atoms in total. The Morgan fingerprint density at radius 3 is 2.73 bits per heavy atom. The zero-order valence-electron chi connectivity index (χ0n) is 16.6. The maximum Gasteiger partial charge on any atom is 0.292 e. The number of nitrogens with zero attached hydrogens (tertiary/aromatic N) is 1. The first-order chi connectivity index (χ1) is 14.7. The smallest absolute Gasteiger partial charge is 0.292 e. The van der Waals surface area contributed by atoms with Gasteiger partial charge in [-0.1, -0.05) is 12.5 Å². The fraction of sp³-hybridized carbons (Fsp3) is 0.455. The Bertz CT molecular complexity index is 935. The van der Waals surface area contributed by atoms with E-state index in [1.807, 2.05) is 18.2 Å². The van der Waals surface area contributed by atoms with Crippen LogP contribution in [-0.2, 0) is 16.1 Å². The van der Waals surface area contributed by atoms with Crippen molar-refractivity contribution in [1.29, 1.82) is 0 Å². The van der Waals surface area contributed by atoms with Gasteiger partial charge in [0, 0.05) is 6.54 Å². The lowest BCUT2D eigenvalue weighted by atomic mass is 9.90. The minimum absolute atomic E-state index is 0.180. The van der Waals surface area contributed by atoms with E-state index in [0.29, 0.717) is 18.0 Å². The number of fused-ring (bicyclic) bond motifs is 1. The van der Waals surface area contributed by atoms with Gasteiger partial charge >= 0.3 is 0 Å². The van der Waals surface area contributed by atoms with Gasteiger partial charge in [-0.25, -0.2) is 0 Å². The fourth-order valence-corrected chi connectivity index (χ4v) is 4.55. The molecule has 158 valence electrons. The quantitative estimate of drug-likeness (QED) is 0.831. The lowest BCUT2D eigenvalue weighted by molar-refractivity contribution is -0.127. The molecule has 2 amide bonds. The van der Waals surface area contributed by atoms with Crippen LogP contribution in [0.25, 0.3) is 0 Å². The topological polar surface area (TPSA) is 90.2 Å². The molecule has 30 heavy (non-hydrogen) atoms. The van der Waals surface area contributed by atoms with Crippen LogP contribution in [-0.4, -0.2) is 41.9 Å². The Hall–Kier alpha value is -3.00. The van der Waals surface area contributed by atoms with Crippen LogP contribution in [0, 0.1) is 0 Å². The number of hydrogen-bond donors (Lipinski definition) is 1. The Labute approximate surface area is 174 Å². The molecule has 0 radical (unpaired) electrons. The molecule has 1 saturated carbocycles. The normalized spacial score (nSPS) is 21.7. The van der Waals surface area contributed by atoms with E-state index in [9.17, 15) is 9.59 Å². The zero-order valence-corrected chi connectivity index (χ0v) is 16.6. The van der Waals surface area contributed by atoms with Crippen LogP contribution in [0.5, 0.6) is 11.5 Å². The lowest BCUT2D eigenvalue weighted by Gasteiger charge is -2.41. The van der Waals surface area contributed by atoms with E-state index in [-0.39, 0.29) is 31.0 Å². The van der Waals surface area contributed by atoms with Gasteiger partial charge < -0.3 is 23.9 Å². The van der Waals surface area contributed by atoms with Crippen LogP contribution in [0.3, 0.4) is 0 Å². The summed E-state index contributed by atoms with van der Waals surface area (Å²) < 4.78 is 22.2. The first-order valence-corrected chi connectivity index (χ1v) is 10.3. The number of rotatable bonds is 4. The first kappa shape index (κ1) is 19.0. The molecule has 2 fully saturated rings. The molecule has 1 aliphatic carbocycles. The number of carbonyl (C=O) groups excluding carboxylic acids is 2. The van der Waals surface area contributed by atoms with E-state index in [1.165, 1.54) is 6.26 Å². The molecule has 1 saturated heterocycles. The molecule has 2 aliphatic heterocycles. The molecular formula is C22H24N2O6. The summed E-state index contributed by atoms with van der Waals surface area (Å²) in [7, 11) is 0. The fourth-order valence-electron chi connectivity index (χ4n) is 4.55. The standard InChI is InChI=1S/C22H24N2O6/c25-20(23-12-15-6-7-17-19(11-15)29-14-28-17)16-13-30-22(8-2-1-3-9-22)24(16)21(26)18-5-4-10-27-18/h4-7,10-11,16H,1-3,8-9,12-14H2,(H,23,25)/t16-/m1/s1. The SMILES string of the molecule is O=C(NCc1ccc2c(c1)OCO2)[C@H]1COC2(CCCCC2)N1C(=O)c1ccco1. The zero-order chi connectivity index (χ0) is 20.6. The molecule has 1 aromatic heterocycles. The largest absolute Gasteiger partial charge is 0.459 e. The van der Waals surface area contributed by atoms with E-state index >= 15 is 0 Å². The summed E-state index contributed by atoms with van der Waals surface area (Å²) in [6.07, 6.45) is 5.96. The second-order valence-electron chi connectivity index (χ2n) is 7.89. The van der Waals surface area contributed by atoms with Crippen molar-refractivity contribution in [2.75, 3.05) is 13.4 Å². The summed E-state index contributed by atoms with van der Waals surface area (Å²) in [5, 5.41) is 2.94. The number of carbonyl (C=O) groups is 2. The number of benzene rings is 1. The second-order valence-corrected chi connectivity index (χ2v) is 7.89. The molecule has 3 aliphatic rings. The van der Waals surface area contributed by atoms with Crippen molar-refractivity contribution in [2.24, 2.45) is 0 Å². The summed E-state index contributed by atoms with van der Waals surface area (Å²) in [4.78, 5) is 27.9. The van der Waals surface area contributed by atoms with Crippen molar-refractivity contribution in [3.8, 4) is 11.5 Å². The Morgan fingerprint density at radius 2 is 1.93 bits per heavy atom. The predicted octanol–water partition coefficient (Wildman–Crippen LogP) is 2.83. The van der Waals surface area contributed by atoms with Crippen LogP contribution >= 0.6 is 0 Å². The molecule has 1 aromatic carbocycles. The molecule has 0 bridgehead atoms. The Balaban J connectivity index is 1.33. The van der Waals surface area contributed by atoms with Gasteiger partial charge in [-0.2, -0.15) is 0 Å². The summed E-state index contributed by atoms with van der Waals surface area (Å²) in [6, 6.07) is 8.15. The average Bonchev–Trinajstić information content (AvgIpc) is 3.52. The molecule has 8 heteroatoms. The minimum Gasteiger partial charge on any atom is -0.459 e. The molecule has 5 rings (SSSR count). The van der Waals surface area contributed by atoms with E-state index in [1.54, 1.807) is 17.0 Å².